The summed E-state index contributed by atoms with van der Waals surface area (Å²) in [6.45, 7) is 1.06. The highest BCUT2D eigenvalue weighted by Gasteiger charge is 2.45. The Bertz CT molecular complexity index is 602. The van der Waals surface area contributed by atoms with E-state index in [9.17, 15) is 4.79 Å². The summed E-state index contributed by atoms with van der Waals surface area (Å²) in [5, 5.41) is 0. The summed E-state index contributed by atoms with van der Waals surface area (Å²) in [4.78, 5) is 16.0. The number of methoxy groups -OCH3 is 1. The molecule has 5 aliphatic rings. The highest BCUT2D eigenvalue weighted by Crippen LogP contribution is 2.45. The van der Waals surface area contributed by atoms with Crippen molar-refractivity contribution in [2.24, 2.45) is 23.7 Å². The summed E-state index contributed by atoms with van der Waals surface area (Å²) in [5.74, 6) is 4.00. The first-order chi connectivity index (χ1) is 13.2. The lowest BCUT2D eigenvalue weighted by atomic mass is 9.68. The normalized spacial score (nSPS) is 41.3. The molecule has 6 atom stereocenters. The van der Waals surface area contributed by atoms with E-state index < -0.39 is 0 Å². The summed E-state index contributed by atoms with van der Waals surface area (Å²) in [5.41, 5.74) is 6.76. The van der Waals surface area contributed by atoms with Crippen LogP contribution in [0.15, 0.2) is 11.8 Å². The van der Waals surface area contributed by atoms with Gasteiger partial charge in [0, 0.05) is 37.0 Å². The molecule has 4 fully saturated rings. The van der Waals surface area contributed by atoms with E-state index in [-0.39, 0.29) is 5.92 Å². The van der Waals surface area contributed by atoms with E-state index >= 15 is 0 Å². The molecule has 1 saturated heterocycles. The fraction of sp³-hybridized carbons (Fsp3) is 0.864. The highest BCUT2D eigenvalue weighted by molar-refractivity contribution is 5.80. The van der Waals surface area contributed by atoms with Crippen molar-refractivity contribution in [2.45, 2.75) is 82.3 Å². The summed E-state index contributed by atoms with van der Waals surface area (Å²) >= 11 is 0. The number of rotatable bonds is 4. The molecule has 0 spiro atoms. The molecule has 0 bridgehead atoms. The Kier molecular flexibility index (Phi) is 4.93. The first-order valence-electron chi connectivity index (χ1n) is 11.3. The fourth-order valence-corrected chi connectivity index (χ4v) is 6.35. The molecule has 5 heteroatoms. The number of nitrogens with zero attached hydrogens (tertiary/aromatic N) is 1. The van der Waals surface area contributed by atoms with Crippen LogP contribution in [0, 0.1) is 23.7 Å². The summed E-state index contributed by atoms with van der Waals surface area (Å²) < 4.78 is 5.52. The van der Waals surface area contributed by atoms with Crippen molar-refractivity contribution < 1.29 is 9.53 Å². The molecule has 1 aliphatic heterocycles. The minimum atomic E-state index is 0.251. The van der Waals surface area contributed by atoms with Gasteiger partial charge in [0.25, 0.3) is 0 Å². The number of hydrogen-bond donors (Lipinski definition) is 2. The van der Waals surface area contributed by atoms with Gasteiger partial charge in [-0.25, -0.2) is 0 Å². The van der Waals surface area contributed by atoms with Gasteiger partial charge in [0.2, 0.25) is 5.91 Å². The molecule has 6 unspecified atom stereocenters. The van der Waals surface area contributed by atoms with Crippen molar-refractivity contribution in [3.05, 3.63) is 11.8 Å². The first kappa shape index (κ1) is 18.0. The van der Waals surface area contributed by atoms with E-state index in [1.807, 2.05) is 0 Å². The number of allylic oxidation sites excluding steroid dienone is 2. The second-order valence-corrected chi connectivity index (χ2v) is 9.68. The highest BCUT2D eigenvalue weighted by atomic mass is 16.5. The zero-order valence-electron chi connectivity index (χ0n) is 16.7. The van der Waals surface area contributed by atoms with E-state index in [1.54, 1.807) is 7.11 Å². The number of carbonyl (C=O) groups is 1. The standard InChI is InChI=1S/C22H35N3O2/c1-27-20-8-4-14-2-3-15(10-16(14)12-20)22(26)25(18-5-6-18)19-7-9-21-17(11-19)13-23-24-21/h8,14-19,21,23-24H,2-7,9-13H2,1H3. The molecule has 1 heterocycles. The van der Waals surface area contributed by atoms with Crippen LogP contribution >= 0.6 is 0 Å². The van der Waals surface area contributed by atoms with Crippen LogP contribution in [0.2, 0.25) is 0 Å². The van der Waals surface area contributed by atoms with Crippen LogP contribution in [-0.2, 0) is 9.53 Å². The maximum absolute atomic E-state index is 13.6. The summed E-state index contributed by atoms with van der Waals surface area (Å²) in [6.07, 6.45) is 13.9. The van der Waals surface area contributed by atoms with Crippen LogP contribution in [0.5, 0.6) is 0 Å². The predicted molar refractivity (Wildman–Crippen MR) is 105 cm³/mol. The van der Waals surface area contributed by atoms with E-state index in [4.69, 9.17) is 4.74 Å². The molecule has 0 aromatic heterocycles. The summed E-state index contributed by atoms with van der Waals surface area (Å²) in [6, 6.07) is 1.64. The average Bonchev–Trinajstić information content (AvgIpc) is 3.42. The Morgan fingerprint density at radius 1 is 1.04 bits per heavy atom. The number of hydrazine groups is 1. The van der Waals surface area contributed by atoms with Gasteiger partial charge in [0.05, 0.1) is 12.9 Å². The first-order valence-corrected chi connectivity index (χ1v) is 11.3. The van der Waals surface area contributed by atoms with Crippen molar-refractivity contribution in [3.8, 4) is 0 Å². The van der Waals surface area contributed by atoms with Gasteiger partial charge in [-0.2, -0.15) is 0 Å². The van der Waals surface area contributed by atoms with E-state index in [0.717, 1.165) is 43.9 Å². The molecule has 2 N–H and O–H groups in total. The Balaban J connectivity index is 1.26. The Labute approximate surface area is 163 Å². The van der Waals surface area contributed by atoms with Gasteiger partial charge in [-0.1, -0.05) is 0 Å². The van der Waals surface area contributed by atoms with Gasteiger partial charge in [-0.05, 0) is 81.6 Å². The largest absolute Gasteiger partial charge is 0.501 e. The minimum absolute atomic E-state index is 0.251. The molecular weight excluding hydrogens is 338 g/mol. The Hall–Kier alpha value is -1.07. The van der Waals surface area contributed by atoms with Crippen molar-refractivity contribution in [1.29, 1.82) is 0 Å². The summed E-state index contributed by atoms with van der Waals surface area (Å²) in [7, 11) is 1.79. The quantitative estimate of drug-likeness (QED) is 0.795. The molecule has 0 aromatic rings. The fourth-order valence-electron chi connectivity index (χ4n) is 6.35. The van der Waals surface area contributed by atoms with E-state index in [2.05, 4.69) is 21.8 Å². The molecule has 3 saturated carbocycles. The Morgan fingerprint density at radius 3 is 2.70 bits per heavy atom. The maximum Gasteiger partial charge on any atom is 0.226 e. The van der Waals surface area contributed by atoms with E-state index in [0.29, 0.717) is 35.9 Å². The smallest absolute Gasteiger partial charge is 0.226 e. The van der Waals surface area contributed by atoms with Gasteiger partial charge < -0.3 is 9.64 Å². The van der Waals surface area contributed by atoms with Gasteiger partial charge in [0.1, 0.15) is 0 Å². The monoisotopic (exact) mass is 373 g/mol. The molecule has 4 aliphatic carbocycles. The van der Waals surface area contributed by atoms with Gasteiger partial charge in [-0.3, -0.25) is 15.6 Å². The number of hydrogen-bond acceptors (Lipinski definition) is 4. The number of fused-ring (bicyclic) bond motifs is 2. The van der Waals surface area contributed by atoms with Gasteiger partial charge in [-0.15, -0.1) is 0 Å². The third-order valence-corrected chi connectivity index (χ3v) is 8.06. The van der Waals surface area contributed by atoms with Crippen molar-refractivity contribution >= 4 is 5.91 Å². The zero-order chi connectivity index (χ0) is 18.4. The SMILES string of the molecule is COC1=CCC2CCC(C(=O)N(C3CC3)C3CCC4NNCC4C3)CC2C1. The third-order valence-electron chi connectivity index (χ3n) is 8.06. The van der Waals surface area contributed by atoms with Crippen LogP contribution in [0.1, 0.15) is 64.2 Å². The van der Waals surface area contributed by atoms with Crippen LogP contribution in [0.3, 0.4) is 0 Å². The molecule has 1 amide bonds. The van der Waals surface area contributed by atoms with Gasteiger partial charge >= 0.3 is 0 Å². The molecule has 27 heavy (non-hydrogen) atoms. The van der Waals surface area contributed by atoms with Crippen molar-refractivity contribution in [2.75, 3.05) is 13.7 Å². The molecule has 5 rings (SSSR count). The molecule has 150 valence electrons. The van der Waals surface area contributed by atoms with Crippen LogP contribution in [0.4, 0.5) is 0 Å². The second kappa shape index (κ2) is 7.40. The molecular formula is C22H35N3O2. The van der Waals surface area contributed by atoms with Crippen molar-refractivity contribution in [1.82, 2.24) is 15.8 Å². The number of nitrogens with one attached hydrogen (secondary N) is 2. The van der Waals surface area contributed by atoms with Crippen LogP contribution < -0.4 is 10.9 Å². The Morgan fingerprint density at radius 2 is 1.89 bits per heavy atom. The number of carbonyl (C=O) groups excluding carboxylic acids is 1. The van der Waals surface area contributed by atoms with Gasteiger partial charge in [0.15, 0.2) is 0 Å². The van der Waals surface area contributed by atoms with Crippen LogP contribution in [-0.4, -0.2) is 42.6 Å². The molecule has 5 nitrogen and oxygen atoms in total. The average molecular weight is 374 g/mol. The lowest BCUT2D eigenvalue weighted by Gasteiger charge is -2.43. The maximum atomic E-state index is 13.6. The van der Waals surface area contributed by atoms with Crippen LogP contribution in [0.25, 0.3) is 0 Å². The lowest BCUT2D eigenvalue weighted by molar-refractivity contribution is -0.142. The minimum Gasteiger partial charge on any atom is -0.501 e. The zero-order valence-corrected chi connectivity index (χ0v) is 16.7. The number of ether oxygens (including phenoxy) is 1. The van der Waals surface area contributed by atoms with Crippen molar-refractivity contribution in [3.63, 3.8) is 0 Å². The molecule has 0 aromatic carbocycles. The lowest BCUT2D eigenvalue weighted by Crippen LogP contribution is -2.50. The topological polar surface area (TPSA) is 53.6 Å². The third kappa shape index (κ3) is 3.53. The predicted octanol–water partition coefficient (Wildman–Crippen LogP) is 2.98. The second-order valence-electron chi connectivity index (χ2n) is 9.68. The number of amides is 1. The van der Waals surface area contributed by atoms with E-state index in [1.165, 1.54) is 38.5 Å². The molecule has 0 radical (unpaired) electrons.